The van der Waals surface area contributed by atoms with Gasteiger partial charge >= 0.3 is 6.18 Å². The van der Waals surface area contributed by atoms with E-state index in [1.165, 1.54) is 0 Å². The van der Waals surface area contributed by atoms with Gasteiger partial charge in [-0.1, -0.05) is 23.2 Å². The summed E-state index contributed by atoms with van der Waals surface area (Å²) in [7, 11) is 0. The first-order valence-electron chi connectivity index (χ1n) is 4.50. The van der Waals surface area contributed by atoms with Gasteiger partial charge in [0, 0.05) is 5.56 Å². The maximum atomic E-state index is 12.2. The number of Topliss-reactive ketones (excluding diaryl/α,β-unsaturated/α-hetero) is 1. The van der Waals surface area contributed by atoms with Crippen molar-refractivity contribution in [2.24, 2.45) is 0 Å². The maximum absolute atomic E-state index is 12.2. The molecule has 0 aliphatic heterocycles. The van der Waals surface area contributed by atoms with E-state index in [0.29, 0.717) is 0 Å². The molecule has 0 heterocycles. The number of rotatable bonds is 3. The zero-order valence-corrected chi connectivity index (χ0v) is 10.1. The summed E-state index contributed by atoms with van der Waals surface area (Å²) in [6, 6.07) is 1.77. The average Bonchev–Trinajstić information content (AvgIpc) is 2.20. The number of ether oxygens (including phenoxy) is 1. The van der Waals surface area contributed by atoms with Gasteiger partial charge in [-0.05, 0) is 19.1 Å². The fourth-order valence-corrected chi connectivity index (χ4v) is 1.73. The molecule has 7 heteroatoms. The molecule has 1 aromatic rings. The quantitative estimate of drug-likeness (QED) is 0.781. The Morgan fingerprint density at radius 2 is 1.76 bits per heavy atom. The minimum Gasteiger partial charge on any atom is -0.491 e. The molecule has 0 atom stereocenters. The molecule has 0 radical (unpaired) electrons. The lowest BCUT2D eigenvalue weighted by Crippen LogP contribution is -2.22. The minimum absolute atomic E-state index is 0.0644. The van der Waals surface area contributed by atoms with Gasteiger partial charge in [0.05, 0.1) is 16.7 Å². The molecule has 2 nitrogen and oxygen atoms in total. The number of carbonyl (C=O) groups is 1. The van der Waals surface area contributed by atoms with E-state index < -0.39 is 17.5 Å². The van der Waals surface area contributed by atoms with Gasteiger partial charge in [0.1, 0.15) is 0 Å². The summed E-state index contributed by atoms with van der Waals surface area (Å²) in [6.07, 6.45) is -4.96. The summed E-state index contributed by atoms with van der Waals surface area (Å²) < 4.78 is 41.6. The average molecular weight is 287 g/mol. The van der Waals surface area contributed by atoms with E-state index in [4.69, 9.17) is 27.9 Å². The van der Waals surface area contributed by atoms with Crippen molar-refractivity contribution in [3.63, 3.8) is 0 Å². The maximum Gasteiger partial charge on any atom is 0.454 e. The number of benzene rings is 1. The SMILES string of the molecule is CCOc1c(Cl)cc(C(=O)C(F)(F)F)cc1Cl. The number of alkyl halides is 3. The molecule has 0 amide bonds. The molecule has 0 bridgehead atoms. The van der Waals surface area contributed by atoms with Crippen LogP contribution in [0.25, 0.3) is 0 Å². The second-order valence-corrected chi connectivity index (χ2v) is 3.84. The van der Waals surface area contributed by atoms with E-state index in [9.17, 15) is 18.0 Å². The van der Waals surface area contributed by atoms with Crippen LogP contribution in [0, 0.1) is 0 Å². The molecular weight excluding hydrogens is 280 g/mol. The van der Waals surface area contributed by atoms with Crippen molar-refractivity contribution < 1.29 is 22.7 Å². The van der Waals surface area contributed by atoms with Gasteiger partial charge in [-0.15, -0.1) is 0 Å². The van der Waals surface area contributed by atoms with Crippen LogP contribution >= 0.6 is 23.2 Å². The first-order valence-corrected chi connectivity index (χ1v) is 5.26. The number of ketones is 1. The molecule has 1 rings (SSSR count). The fourth-order valence-electron chi connectivity index (χ4n) is 1.14. The molecule has 0 aliphatic rings. The highest BCUT2D eigenvalue weighted by Crippen LogP contribution is 2.35. The predicted octanol–water partition coefficient (Wildman–Crippen LogP) is 4.14. The van der Waals surface area contributed by atoms with Gasteiger partial charge in [0.2, 0.25) is 0 Å². The lowest BCUT2D eigenvalue weighted by molar-refractivity contribution is -0.0885. The Kier molecular flexibility index (Phi) is 4.27. The van der Waals surface area contributed by atoms with E-state index in [0.717, 1.165) is 12.1 Å². The number of hydrogen-bond donors (Lipinski definition) is 0. The Labute approximate surface area is 105 Å². The summed E-state index contributed by atoms with van der Waals surface area (Å²) in [6.45, 7) is 1.92. The van der Waals surface area contributed by atoms with Gasteiger partial charge in [0.15, 0.2) is 5.75 Å². The predicted molar refractivity (Wildman–Crippen MR) is 58.0 cm³/mol. The Balaban J connectivity index is 3.19. The lowest BCUT2D eigenvalue weighted by Gasteiger charge is -2.10. The van der Waals surface area contributed by atoms with Crippen molar-refractivity contribution in [3.8, 4) is 5.75 Å². The Morgan fingerprint density at radius 1 is 1.29 bits per heavy atom. The number of halogens is 5. The first-order chi connectivity index (χ1) is 7.77. The topological polar surface area (TPSA) is 26.3 Å². The van der Waals surface area contributed by atoms with Crippen LogP contribution in [0.15, 0.2) is 12.1 Å². The second kappa shape index (κ2) is 5.14. The summed E-state index contributed by atoms with van der Waals surface area (Å²) in [4.78, 5) is 11.0. The second-order valence-electron chi connectivity index (χ2n) is 3.03. The van der Waals surface area contributed by atoms with Crippen molar-refractivity contribution in [3.05, 3.63) is 27.7 Å². The van der Waals surface area contributed by atoms with Crippen LogP contribution in [0.4, 0.5) is 13.2 Å². The van der Waals surface area contributed by atoms with Crippen molar-refractivity contribution in [2.45, 2.75) is 13.1 Å². The van der Waals surface area contributed by atoms with Crippen LogP contribution in [-0.4, -0.2) is 18.6 Å². The summed E-state index contributed by atoms with van der Waals surface area (Å²) in [5, 5.41) is -0.265. The third kappa shape index (κ3) is 3.26. The minimum atomic E-state index is -4.96. The number of hydrogen-bond acceptors (Lipinski definition) is 2. The Hall–Kier alpha value is -0.940. The molecule has 0 N–H and O–H groups in total. The van der Waals surface area contributed by atoms with Gasteiger partial charge in [-0.25, -0.2) is 0 Å². The standard InChI is InChI=1S/C10H7Cl2F3O2/c1-2-17-8-6(11)3-5(4-7(8)12)9(16)10(13,14)15/h3-4H,2H2,1H3. The van der Waals surface area contributed by atoms with Crippen LogP contribution in [0.5, 0.6) is 5.75 Å². The fraction of sp³-hybridized carbons (Fsp3) is 0.300. The van der Waals surface area contributed by atoms with Gasteiger partial charge in [-0.3, -0.25) is 4.79 Å². The molecule has 1 aromatic carbocycles. The summed E-state index contributed by atoms with van der Waals surface area (Å²) in [5.41, 5.74) is -0.615. The smallest absolute Gasteiger partial charge is 0.454 e. The monoisotopic (exact) mass is 286 g/mol. The van der Waals surface area contributed by atoms with Crippen molar-refractivity contribution in [2.75, 3.05) is 6.61 Å². The normalized spacial score (nSPS) is 11.4. The van der Waals surface area contributed by atoms with E-state index in [1.54, 1.807) is 6.92 Å². The molecule has 0 spiro atoms. The van der Waals surface area contributed by atoms with Crippen molar-refractivity contribution in [1.82, 2.24) is 0 Å². The van der Waals surface area contributed by atoms with E-state index >= 15 is 0 Å². The molecule has 0 aliphatic carbocycles. The van der Waals surface area contributed by atoms with Gasteiger partial charge < -0.3 is 4.74 Å². The van der Waals surface area contributed by atoms with Gasteiger partial charge in [-0.2, -0.15) is 13.2 Å². The van der Waals surface area contributed by atoms with Crippen LogP contribution in [0.3, 0.4) is 0 Å². The highest BCUT2D eigenvalue weighted by atomic mass is 35.5. The van der Waals surface area contributed by atoms with Crippen molar-refractivity contribution >= 4 is 29.0 Å². The van der Waals surface area contributed by atoms with Crippen LogP contribution in [-0.2, 0) is 0 Å². The third-order valence-electron chi connectivity index (χ3n) is 1.81. The summed E-state index contributed by atoms with van der Waals surface area (Å²) in [5.74, 6) is -1.93. The van der Waals surface area contributed by atoms with Crippen LogP contribution in [0.1, 0.15) is 17.3 Å². The Morgan fingerprint density at radius 3 is 2.12 bits per heavy atom. The molecule has 0 fully saturated rings. The molecular formula is C10H7Cl2F3O2. The van der Waals surface area contributed by atoms with Crippen LogP contribution in [0.2, 0.25) is 10.0 Å². The van der Waals surface area contributed by atoms with Gasteiger partial charge in [0.25, 0.3) is 5.78 Å². The first kappa shape index (κ1) is 14.1. The molecule has 94 valence electrons. The Bertz CT molecular complexity index is 421. The zero-order valence-electron chi connectivity index (χ0n) is 8.57. The third-order valence-corrected chi connectivity index (χ3v) is 2.37. The molecule has 17 heavy (non-hydrogen) atoms. The molecule has 0 saturated carbocycles. The highest BCUT2D eigenvalue weighted by molar-refractivity contribution is 6.37. The highest BCUT2D eigenvalue weighted by Gasteiger charge is 2.39. The summed E-state index contributed by atoms with van der Waals surface area (Å²) >= 11 is 11.4. The molecule has 0 saturated heterocycles. The van der Waals surface area contributed by atoms with E-state index in [1.807, 2.05) is 0 Å². The van der Waals surface area contributed by atoms with E-state index in [-0.39, 0.29) is 22.4 Å². The van der Waals surface area contributed by atoms with Crippen molar-refractivity contribution in [1.29, 1.82) is 0 Å². The lowest BCUT2D eigenvalue weighted by atomic mass is 10.1. The van der Waals surface area contributed by atoms with E-state index in [2.05, 4.69) is 0 Å². The molecule has 0 unspecified atom stereocenters. The van der Waals surface area contributed by atoms with Crippen LogP contribution < -0.4 is 4.74 Å². The molecule has 0 aromatic heterocycles. The zero-order chi connectivity index (χ0) is 13.2. The largest absolute Gasteiger partial charge is 0.491 e. The number of carbonyl (C=O) groups excluding carboxylic acids is 1.